The number of sulfonamides is 1. The maximum Gasteiger partial charge on any atom is 0.295 e. The highest BCUT2D eigenvalue weighted by atomic mass is 32.2. The molecular weight excluding hydrogens is 436 g/mol. The van der Waals surface area contributed by atoms with E-state index in [1.807, 2.05) is 30.3 Å². The topological polar surface area (TPSA) is 114 Å². The molecule has 4 aromatic rings. The quantitative estimate of drug-likeness (QED) is 0.402. The Morgan fingerprint density at radius 1 is 1.10 bits per heavy atom. The lowest BCUT2D eigenvalue weighted by Gasteiger charge is -2.06. The molecule has 8 nitrogen and oxygen atoms in total. The molecule has 0 aliphatic rings. The summed E-state index contributed by atoms with van der Waals surface area (Å²) in [5, 5.41) is 20.0. The fourth-order valence-corrected chi connectivity index (χ4v) is 4.76. The number of hydrogen-bond acceptors (Lipinski definition) is 8. The Hall–Kier alpha value is -3.50. The second kappa shape index (κ2) is 8.70. The highest BCUT2D eigenvalue weighted by molar-refractivity contribution is 7.93. The smallest absolute Gasteiger partial charge is 0.295 e. The van der Waals surface area contributed by atoms with Gasteiger partial charge in [-0.05, 0) is 59.4 Å². The van der Waals surface area contributed by atoms with Crippen LogP contribution in [0.15, 0.2) is 70.6 Å². The summed E-state index contributed by atoms with van der Waals surface area (Å²) in [4.78, 5) is 4.44. The van der Waals surface area contributed by atoms with Gasteiger partial charge in [0.15, 0.2) is 0 Å². The summed E-state index contributed by atoms with van der Waals surface area (Å²) in [6, 6.07) is 17.2. The van der Waals surface area contributed by atoms with Gasteiger partial charge in [0.05, 0.1) is 17.2 Å². The molecule has 0 unspecified atom stereocenters. The lowest BCUT2D eigenvalue weighted by atomic mass is 10.0. The SMILES string of the molecule is CCOc1nnc(NS(=O)(=O)c2ccc(N=Cc3c(O)ccc4ccccc34)cc2)s1. The summed E-state index contributed by atoms with van der Waals surface area (Å²) >= 11 is 1.01. The molecule has 0 spiro atoms. The molecule has 0 amide bonds. The molecule has 0 aliphatic heterocycles. The number of phenolic OH excluding ortho intramolecular Hbond substituents is 1. The average Bonchev–Trinajstić information content (AvgIpc) is 3.20. The van der Waals surface area contributed by atoms with Crippen molar-refractivity contribution in [1.82, 2.24) is 10.2 Å². The molecule has 0 saturated carbocycles. The number of benzene rings is 3. The Balaban J connectivity index is 1.54. The number of nitrogens with zero attached hydrogens (tertiary/aromatic N) is 3. The molecule has 158 valence electrons. The molecule has 2 N–H and O–H groups in total. The first-order chi connectivity index (χ1) is 15.0. The van der Waals surface area contributed by atoms with E-state index in [2.05, 4.69) is 19.9 Å². The van der Waals surface area contributed by atoms with E-state index in [0.29, 0.717) is 23.1 Å². The Morgan fingerprint density at radius 3 is 2.65 bits per heavy atom. The summed E-state index contributed by atoms with van der Waals surface area (Å²) < 4.78 is 32.7. The van der Waals surface area contributed by atoms with Crippen LogP contribution in [0.4, 0.5) is 10.8 Å². The first kappa shape index (κ1) is 20.8. The van der Waals surface area contributed by atoms with Gasteiger partial charge in [-0.25, -0.2) is 8.42 Å². The predicted molar refractivity (Wildman–Crippen MR) is 121 cm³/mol. The highest BCUT2D eigenvalue weighted by Gasteiger charge is 2.17. The van der Waals surface area contributed by atoms with Crippen molar-refractivity contribution in [2.24, 2.45) is 4.99 Å². The summed E-state index contributed by atoms with van der Waals surface area (Å²) in [5.41, 5.74) is 1.14. The van der Waals surface area contributed by atoms with Gasteiger partial charge in [-0.15, -0.1) is 5.10 Å². The summed E-state index contributed by atoms with van der Waals surface area (Å²) in [7, 11) is -3.82. The van der Waals surface area contributed by atoms with Crippen molar-refractivity contribution in [1.29, 1.82) is 0 Å². The molecule has 0 fully saturated rings. The van der Waals surface area contributed by atoms with Gasteiger partial charge in [0, 0.05) is 11.8 Å². The lowest BCUT2D eigenvalue weighted by molar-refractivity contribution is 0.335. The van der Waals surface area contributed by atoms with Crippen LogP contribution in [-0.4, -0.2) is 36.5 Å². The average molecular weight is 455 g/mol. The number of nitrogens with one attached hydrogen (secondary N) is 1. The molecule has 1 aromatic heterocycles. The van der Waals surface area contributed by atoms with E-state index in [9.17, 15) is 13.5 Å². The van der Waals surface area contributed by atoms with E-state index in [1.165, 1.54) is 12.1 Å². The number of aliphatic imine (C=N–C) groups is 1. The van der Waals surface area contributed by atoms with E-state index in [1.54, 1.807) is 31.3 Å². The number of anilines is 1. The van der Waals surface area contributed by atoms with Crippen molar-refractivity contribution >= 4 is 49.2 Å². The van der Waals surface area contributed by atoms with Crippen LogP contribution >= 0.6 is 11.3 Å². The third-order valence-corrected chi connectivity index (χ3v) is 6.57. The van der Waals surface area contributed by atoms with Crippen molar-refractivity contribution in [3.63, 3.8) is 0 Å². The molecule has 0 atom stereocenters. The summed E-state index contributed by atoms with van der Waals surface area (Å²) in [5.74, 6) is 0.120. The summed E-state index contributed by atoms with van der Waals surface area (Å²) in [6.07, 6.45) is 1.57. The number of aromatic hydroxyl groups is 1. The molecule has 0 aliphatic carbocycles. The lowest BCUT2D eigenvalue weighted by Crippen LogP contribution is -2.12. The second-order valence-corrected chi connectivity index (χ2v) is 9.01. The van der Waals surface area contributed by atoms with Gasteiger partial charge < -0.3 is 9.84 Å². The minimum absolute atomic E-state index is 0.0626. The zero-order valence-corrected chi connectivity index (χ0v) is 18.0. The first-order valence-corrected chi connectivity index (χ1v) is 11.6. The molecule has 0 radical (unpaired) electrons. The van der Waals surface area contributed by atoms with Crippen LogP contribution in [-0.2, 0) is 10.0 Å². The molecule has 0 saturated heterocycles. The minimum atomic E-state index is -3.82. The zero-order valence-electron chi connectivity index (χ0n) is 16.4. The highest BCUT2D eigenvalue weighted by Crippen LogP contribution is 2.27. The van der Waals surface area contributed by atoms with E-state index in [4.69, 9.17) is 4.74 Å². The van der Waals surface area contributed by atoms with Gasteiger partial charge in [-0.3, -0.25) is 9.71 Å². The van der Waals surface area contributed by atoms with Gasteiger partial charge in [-0.1, -0.05) is 35.4 Å². The molecular formula is C21H18N4O4S2. The van der Waals surface area contributed by atoms with Crippen molar-refractivity contribution in [3.8, 4) is 10.9 Å². The van der Waals surface area contributed by atoms with Crippen molar-refractivity contribution in [2.75, 3.05) is 11.3 Å². The second-order valence-electron chi connectivity index (χ2n) is 6.38. The molecule has 31 heavy (non-hydrogen) atoms. The predicted octanol–water partition coefficient (Wildman–Crippen LogP) is 4.35. The van der Waals surface area contributed by atoms with E-state index < -0.39 is 10.0 Å². The number of rotatable bonds is 7. The van der Waals surface area contributed by atoms with Crippen LogP contribution < -0.4 is 9.46 Å². The van der Waals surface area contributed by atoms with Crippen LogP contribution in [0.3, 0.4) is 0 Å². The molecule has 0 bridgehead atoms. The van der Waals surface area contributed by atoms with Crippen LogP contribution in [0.5, 0.6) is 10.9 Å². The normalized spacial score (nSPS) is 11.8. The Bertz CT molecular complexity index is 1350. The zero-order chi connectivity index (χ0) is 21.8. The number of aromatic nitrogens is 2. The Morgan fingerprint density at radius 2 is 1.87 bits per heavy atom. The van der Waals surface area contributed by atoms with Crippen LogP contribution in [0.1, 0.15) is 12.5 Å². The van der Waals surface area contributed by atoms with Crippen LogP contribution in [0.2, 0.25) is 0 Å². The van der Waals surface area contributed by atoms with Gasteiger partial charge >= 0.3 is 0 Å². The van der Waals surface area contributed by atoms with E-state index in [-0.39, 0.29) is 15.8 Å². The number of hydrogen-bond donors (Lipinski definition) is 2. The van der Waals surface area contributed by atoms with Crippen LogP contribution in [0.25, 0.3) is 10.8 Å². The largest absolute Gasteiger partial charge is 0.507 e. The minimum Gasteiger partial charge on any atom is -0.507 e. The fourth-order valence-electron chi connectivity index (χ4n) is 2.88. The fraction of sp³-hybridized carbons (Fsp3) is 0.0952. The Labute approximate surface area is 182 Å². The number of phenols is 1. The Kier molecular flexibility index (Phi) is 5.83. The van der Waals surface area contributed by atoms with Crippen LogP contribution in [0, 0.1) is 0 Å². The molecule has 10 heteroatoms. The molecule has 1 heterocycles. The summed E-state index contributed by atoms with van der Waals surface area (Å²) in [6.45, 7) is 2.22. The number of fused-ring (bicyclic) bond motifs is 1. The van der Waals surface area contributed by atoms with Crippen molar-refractivity contribution in [2.45, 2.75) is 11.8 Å². The standard InChI is InChI=1S/C21H18N4O4S2/c1-2-29-21-24-23-20(30-21)25-31(27,28)16-10-8-15(9-11-16)22-13-18-17-6-4-3-5-14(17)7-12-19(18)26/h3-13,26H,2H2,1H3,(H,23,25). The van der Waals surface area contributed by atoms with E-state index >= 15 is 0 Å². The van der Waals surface area contributed by atoms with Gasteiger partial charge in [0.25, 0.3) is 15.2 Å². The monoisotopic (exact) mass is 454 g/mol. The first-order valence-electron chi connectivity index (χ1n) is 9.30. The van der Waals surface area contributed by atoms with Gasteiger partial charge in [-0.2, -0.15) is 0 Å². The van der Waals surface area contributed by atoms with Gasteiger partial charge in [0.2, 0.25) is 5.13 Å². The molecule has 3 aromatic carbocycles. The van der Waals surface area contributed by atoms with Gasteiger partial charge in [0.1, 0.15) is 5.75 Å². The number of ether oxygens (including phenoxy) is 1. The van der Waals surface area contributed by atoms with E-state index in [0.717, 1.165) is 22.1 Å². The maximum absolute atomic E-state index is 12.6. The maximum atomic E-state index is 12.6. The third kappa shape index (κ3) is 4.65. The molecule has 4 rings (SSSR count). The van der Waals surface area contributed by atoms with Crippen molar-refractivity contribution < 1.29 is 18.3 Å². The van der Waals surface area contributed by atoms with Crippen molar-refractivity contribution in [3.05, 3.63) is 66.2 Å². The third-order valence-electron chi connectivity index (χ3n) is 4.33.